The third-order valence-electron chi connectivity index (χ3n) is 0.690. The number of nitrogens with zero attached hydrogens (tertiary/aromatic N) is 1. The summed E-state index contributed by atoms with van der Waals surface area (Å²) in [4.78, 5) is 20.9. The minimum absolute atomic E-state index is 0.181. The second kappa shape index (κ2) is 4.02. The topological polar surface area (TPSA) is 72.6 Å². The summed E-state index contributed by atoms with van der Waals surface area (Å²) in [5.41, 5.74) is 4.67. The Kier molecular flexibility index (Phi) is 3.67. The van der Waals surface area contributed by atoms with Gasteiger partial charge in [0.2, 0.25) is 0 Å². The van der Waals surface area contributed by atoms with Crippen LogP contribution in [-0.2, 0) is 4.74 Å². The van der Waals surface area contributed by atoms with Crippen molar-refractivity contribution in [3.63, 3.8) is 0 Å². The molecule has 0 aliphatic rings. The Labute approximate surface area is 69.2 Å². The molecular formula is C5H9ClN2O3. The summed E-state index contributed by atoms with van der Waals surface area (Å²) in [7, 11) is 0. The van der Waals surface area contributed by atoms with Gasteiger partial charge in [-0.3, -0.25) is 0 Å². The number of urea groups is 1. The summed E-state index contributed by atoms with van der Waals surface area (Å²) >= 11 is 5.09. The molecule has 5 nitrogen and oxygen atoms in total. The molecule has 0 rings (SSSR count). The number of carbonyl (C=O) groups is 2. The molecule has 0 spiro atoms. The average Bonchev–Trinajstić information content (AvgIpc) is 1.84. The molecule has 64 valence electrons. The molecule has 2 N–H and O–H groups in total. The predicted molar refractivity (Wildman–Crippen MR) is 38.9 cm³/mol. The Morgan fingerprint density at radius 1 is 1.55 bits per heavy atom. The van der Waals surface area contributed by atoms with Crippen LogP contribution >= 0.6 is 11.8 Å². The highest BCUT2D eigenvalue weighted by atomic mass is 35.5. The van der Waals surface area contributed by atoms with E-state index in [1.165, 1.54) is 0 Å². The van der Waals surface area contributed by atoms with E-state index in [4.69, 9.17) is 11.8 Å². The van der Waals surface area contributed by atoms with E-state index in [1.807, 2.05) is 0 Å². The Morgan fingerprint density at radius 3 is 2.27 bits per heavy atom. The highest BCUT2D eigenvalue weighted by Crippen LogP contribution is 2.00. The molecule has 3 amide bonds. The Balaban J connectivity index is 3.93. The first-order valence-corrected chi connectivity index (χ1v) is 3.25. The van der Waals surface area contributed by atoms with Gasteiger partial charge in [-0.2, -0.15) is 0 Å². The number of halogens is 1. The van der Waals surface area contributed by atoms with Crippen LogP contribution < -0.4 is 5.73 Å². The fraction of sp³-hybridized carbons (Fsp3) is 0.600. The fourth-order valence-corrected chi connectivity index (χ4v) is 0.378. The fourth-order valence-electron chi connectivity index (χ4n) is 0.338. The van der Waals surface area contributed by atoms with Gasteiger partial charge in [-0.25, -0.2) is 9.59 Å². The van der Waals surface area contributed by atoms with Crippen molar-refractivity contribution in [1.29, 1.82) is 0 Å². The maximum absolute atomic E-state index is 10.7. The molecule has 0 unspecified atom stereocenters. The molecule has 0 fully saturated rings. The molecule has 0 aromatic heterocycles. The Bertz CT molecular complexity index is 171. The molecule has 0 heterocycles. The van der Waals surface area contributed by atoms with E-state index in [9.17, 15) is 9.59 Å². The molecule has 0 radical (unpaired) electrons. The van der Waals surface area contributed by atoms with Crippen molar-refractivity contribution in [2.75, 3.05) is 0 Å². The molecule has 0 saturated carbocycles. The zero-order chi connectivity index (χ0) is 9.02. The smallest absolute Gasteiger partial charge is 0.433 e. The summed E-state index contributed by atoms with van der Waals surface area (Å²) in [6.45, 7) is 3.26. The van der Waals surface area contributed by atoms with Crippen LogP contribution in [0.25, 0.3) is 0 Å². The number of carbonyl (C=O) groups excluding carboxylic acids is 2. The lowest BCUT2D eigenvalue weighted by Crippen LogP contribution is -2.34. The van der Waals surface area contributed by atoms with Gasteiger partial charge in [-0.05, 0) is 13.8 Å². The second-order valence-electron chi connectivity index (χ2n) is 2.05. The molecule has 0 aliphatic carbocycles. The standard InChI is InChI=1S/C5H9ClN2O3/c1-3(2)11-5(10)8(6)4(7)9/h3H,1-2H3,(H2,7,9). The van der Waals surface area contributed by atoms with Crippen molar-refractivity contribution in [2.24, 2.45) is 5.73 Å². The first-order valence-electron chi connectivity index (χ1n) is 2.91. The van der Waals surface area contributed by atoms with Gasteiger partial charge < -0.3 is 10.5 Å². The van der Waals surface area contributed by atoms with Crippen molar-refractivity contribution in [2.45, 2.75) is 20.0 Å². The van der Waals surface area contributed by atoms with Crippen LogP contribution in [0.2, 0.25) is 0 Å². The Morgan fingerprint density at radius 2 is 2.00 bits per heavy atom. The summed E-state index contributed by atoms with van der Waals surface area (Å²) < 4.78 is 4.71. The number of hydrogen-bond donors (Lipinski definition) is 1. The zero-order valence-electron chi connectivity index (χ0n) is 6.20. The molecule has 6 heteroatoms. The summed E-state index contributed by atoms with van der Waals surface area (Å²) in [6.07, 6.45) is -1.29. The van der Waals surface area contributed by atoms with Crippen molar-refractivity contribution in [3.8, 4) is 0 Å². The largest absolute Gasteiger partial charge is 0.445 e. The van der Waals surface area contributed by atoms with Crippen LogP contribution in [0.1, 0.15) is 13.8 Å². The van der Waals surface area contributed by atoms with Crippen LogP contribution in [-0.4, -0.2) is 22.6 Å². The Hall–Kier alpha value is -0.970. The van der Waals surface area contributed by atoms with E-state index in [0.29, 0.717) is 0 Å². The normalized spacial score (nSPS) is 9.45. The highest BCUT2D eigenvalue weighted by molar-refractivity contribution is 6.28. The second-order valence-corrected chi connectivity index (χ2v) is 2.39. The molecule has 0 aromatic carbocycles. The van der Waals surface area contributed by atoms with Crippen molar-refractivity contribution >= 4 is 23.9 Å². The molecule has 0 saturated heterocycles. The highest BCUT2D eigenvalue weighted by Gasteiger charge is 2.18. The summed E-state index contributed by atoms with van der Waals surface area (Å²) in [5.74, 6) is 0. The molecule has 0 bridgehead atoms. The average molecular weight is 181 g/mol. The lowest BCUT2D eigenvalue weighted by molar-refractivity contribution is 0.102. The van der Waals surface area contributed by atoms with Crippen molar-refractivity contribution in [1.82, 2.24) is 4.42 Å². The number of imide groups is 1. The lowest BCUT2D eigenvalue weighted by atomic mass is 10.5. The van der Waals surface area contributed by atoms with Crippen molar-refractivity contribution in [3.05, 3.63) is 0 Å². The molecule has 0 aliphatic heterocycles. The molecular weight excluding hydrogens is 172 g/mol. The van der Waals surface area contributed by atoms with Gasteiger partial charge in [0.1, 0.15) is 0 Å². The number of ether oxygens (including phenoxy) is 1. The van der Waals surface area contributed by atoms with Gasteiger partial charge in [0.05, 0.1) is 6.10 Å². The van der Waals surface area contributed by atoms with Gasteiger partial charge in [0.15, 0.2) is 0 Å². The minimum Gasteiger partial charge on any atom is -0.445 e. The molecule has 11 heavy (non-hydrogen) atoms. The number of amides is 3. The lowest BCUT2D eigenvalue weighted by Gasteiger charge is -2.11. The third kappa shape index (κ3) is 3.67. The van der Waals surface area contributed by atoms with Gasteiger partial charge in [0.25, 0.3) is 0 Å². The maximum Gasteiger partial charge on any atom is 0.433 e. The van der Waals surface area contributed by atoms with Gasteiger partial charge in [0, 0.05) is 11.8 Å². The zero-order valence-corrected chi connectivity index (χ0v) is 6.96. The monoisotopic (exact) mass is 180 g/mol. The van der Waals surface area contributed by atoms with Crippen molar-refractivity contribution < 1.29 is 14.3 Å². The maximum atomic E-state index is 10.7. The van der Waals surface area contributed by atoms with Crippen LogP contribution in [0.4, 0.5) is 9.59 Å². The SMILES string of the molecule is CC(C)OC(=O)N(Cl)C(N)=O. The van der Waals surface area contributed by atoms with E-state index in [0.717, 1.165) is 0 Å². The van der Waals surface area contributed by atoms with E-state index in [-0.39, 0.29) is 10.5 Å². The minimum atomic E-state index is -1.06. The van der Waals surface area contributed by atoms with Gasteiger partial charge >= 0.3 is 12.1 Å². The summed E-state index contributed by atoms with van der Waals surface area (Å²) in [5, 5.41) is 0. The number of primary amides is 1. The quantitative estimate of drug-likeness (QED) is 0.614. The number of rotatable bonds is 1. The van der Waals surface area contributed by atoms with Gasteiger partial charge in [-0.1, -0.05) is 0 Å². The van der Waals surface area contributed by atoms with E-state index >= 15 is 0 Å². The third-order valence-corrected chi connectivity index (χ3v) is 0.995. The summed E-state index contributed by atoms with van der Waals surface area (Å²) in [6, 6.07) is -1.06. The van der Waals surface area contributed by atoms with Crippen LogP contribution in [0.3, 0.4) is 0 Å². The first-order chi connectivity index (χ1) is 4.95. The van der Waals surface area contributed by atoms with E-state index in [1.54, 1.807) is 13.8 Å². The predicted octanol–water partition coefficient (Wildman–Crippen LogP) is 1.07. The van der Waals surface area contributed by atoms with Crippen LogP contribution in [0, 0.1) is 0 Å². The first kappa shape index (κ1) is 10.0. The number of hydrogen-bond acceptors (Lipinski definition) is 3. The molecule has 0 atom stereocenters. The van der Waals surface area contributed by atoms with Crippen LogP contribution in [0.5, 0.6) is 0 Å². The van der Waals surface area contributed by atoms with E-state index in [2.05, 4.69) is 10.5 Å². The van der Waals surface area contributed by atoms with Crippen LogP contribution in [0.15, 0.2) is 0 Å². The van der Waals surface area contributed by atoms with Gasteiger partial charge in [-0.15, -0.1) is 4.42 Å². The molecule has 0 aromatic rings. The number of nitrogens with two attached hydrogens (primary N) is 1. The van der Waals surface area contributed by atoms with E-state index < -0.39 is 12.1 Å².